The zero-order valence-corrected chi connectivity index (χ0v) is 20.0. The molecule has 0 saturated carbocycles. The summed E-state index contributed by atoms with van der Waals surface area (Å²) in [5.74, 6) is -0.309. The number of nitrogens with zero attached hydrogens (tertiary/aromatic N) is 2. The average molecular weight is 435 g/mol. The standard InChI is InChI=1S/C26H34N4O2/c1-17-11-13-23(19(3)15-17)21(5)27-29-25(31)9-7-8-10-26(32)30-28-22(6)24-14-12-18(2)16-20(24)4/h11-16H,7-10H2,1-6H3,(H,29,31)(H,30,32)/b27-21-,28-22-. The number of rotatable bonds is 9. The highest BCUT2D eigenvalue weighted by molar-refractivity contribution is 6.01. The molecule has 0 atom stereocenters. The van der Waals surface area contributed by atoms with Crippen LogP contribution in [0.2, 0.25) is 0 Å². The average Bonchev–Trinajstić information content (AvgIpc) is 2.73. The summed E-state index contributed by atoms with van der Waals surface area (Å²) in [7, 11) is 0. The van der Waals surface area contributed by atoms with Crippen molar-refractivity contribution in [1.29, 1.82) is 0 Å². The van der Waals surface area contributed by atoms with Gasteiger partial charge in [-0.1, -0.05) is 47.5 Å². The second-order valence-electron chi connectivity index (χ2n) is 8.31. The molecule has 0 unspecified atom stereocenters. The first-order chi connectivity index (χ1) is 15.2. The van der Waals surface area contributed by atoms with Crippen molar-refractivity contribution in [3.05, 3.63) is 69.8 Å². The van der Waals surface area contributed by atoms with Crippen LogP contribution in [0.25, 0.3) is 0 Å². The maximum absolute atomic E-state index is 12.0. The number of amides is 2. The van der Waals surface area contributed by atoms with Crippen LogP contribution in [0.15, 0.2) is 46.6 Å². The summed E-state index contributed by atoms with van der Waals surface area (Å²) in [4.78, 5) is 24.1. The molecule has 6 heteroatoms. The molecular formula is C26H34N4O2. The van der Waals surface area contributed by atoms with Gasteiger partial charge in [0, 0.05) is 24.0 Å². The summed E-state index contributed by atoms with van der Waals surface area (Å²) in [5.41, 5.74) is 13.4. The van der Waals surface area contributed by atoms with Crippen molar-refractivity contribution in [3.63, 3.8) is 0 Å². The summed E-state index contributed by atoms with van der Waals surface area (Å²) in [5, 5.41) is 8.42. The van der Waals surface area contributed by atoms with Crippen LogP contribution >= 0.6 is 0 Å². The third-order valence-electron chi connectivity index (χ3n) is 5.30. The number of nitrogens with one attached hydrogen (secondary N) is 2. The van der Waals surface area contributed by atoms with E-state index in [0.717, 1.165) is 33.7 Å². The largest absolute Gasteiger partial charge is 0.273 e. The van der Waals surface area contributed by atoms with Gasteiger partial charge in [0.1, 0.15) is 0 Å². The first-order valence-corrected chi connectivity index (χ1v) is 11.0. The SMILES string of the molecule is C/C(=N/NC(=O)CCCCC(=O)N/N=C(/C)c1ccc(C)cc1C)c1ccc(C)cc1C. The Morgan fingerprint density at radius 3 is 1.41 bits per heavy atom. The molecule has 6 nitrogen and oxygen atoms in total. The third-order valence-corrected chi connectivity index (χ3v) is 5.30. The predicted molar refractivity (Wildman–Crippen MR) is 131 cm³/mol. The Bertz CT molecular complexity index is 955. The summed E-state index contributed by atoms with van der Waals surface area (Å²) in [6, 6.07) is 12.3. The molecule has 0 radical (unpaired) electrons. The van der Waals surface area contributed by atoms with Gasteiger partial charge in [-0.25, -0.2) is 10.9 Å². The van der Waals surface area contributed by atoms with Gasteiger partial charge >= 0.3 is 0 Å². The molecule has 2 N–H and O–H groups in total. The molecule has 2 rings (SSSR count). The van der Waals surface area contributed by atoms with Crippen LogP contribution in [-0.2, 0) is 9.59 Å². The maximum atomic E-state index is 12.0. The number of unbranched alkanes of at least 4 members (excludes halogenated alkanes) is 1. The van der Waals surface area contributed by atoms with Gasteiger partial charge in [-0.2, -0.15) is 10.2 Å². The highest BCUT2D eigenvalue weighted by atomic mass is 16.2. The second kappa shape index (κ2) is 11.9. The number of hydrazone groups is 2. The van der Waals surface area contributed by atoms with Gasteiger partial charge in [-0.3, -0.25) is 9.59 Å². The zero-order chi connectivity index (χ0) is 23.7. The first-order valence-electron chi connectivity index (χ1n) is 11.0. The molecule has 2 aromatic rings. The van der Waals surface area contributed by atoms with Crippen molar-refractivity contribution in [2.24, 2.45) is 10.2 Å². The molecule has 0 aliphatic heterocycles. The van der Waals surface area contributed by atoms with Gasteiger partial charge in [0.2, 0.25) is 11.8 Å². The van der Waals surface area contributed by atoms with E-state index in [1.165, 1.54) is 11.1 Å². The van der Waals surface area contributed by atoms with E-state index < -0.39 is 0 Å². The number of aryl methyl sites for hydroxylation is 4. The van der Waals surface area contributed by atoms with Crippen molar-refractivity contribution < 1.29 is 9.59 Å². The number of hydrogen-bond acceptors (Lipinski definition) is 4. The Morgan fingerprint density at radius 2 is 1.06 bits per heavy atom. The number of hydrogen-bond donors (Lipinski definition) is 2. The Balaban J connectivity index is 1.72. The Kier molecular flexibility index (Phi) is 9.32. The first kappa shape index (κ1) is 25.0. The lowest BCUT2D eigenvalue weighted by Crippen LogP contribution is -2.20. The second-order valence-corrected chi connectivity index (χ2v) is 8.31. The summed E-state index contributed by atoms with van der Waals surface area (Å²) in [6.45, 7) is 11.9. The minimum atomic E-state index is -0.154. The summed E-state index contributed by atoms with van der Waals surface area (Å²) in [6.07, 6.45) is 1.86. The molecule has 0 spiro atoms. The van der Waals surface area contributed by atoms with Crippen LogP contribution in [0.5, 0.6) is 0 Å². The quantitative estimate of drug-likeness (QED) is 0.336. The normalized spacial score (nSPS) is 11.9. The van der Waals surface area contributed by atoms with E-state index in [0.29, 0.717) is 25.7 Å². The predicted octanol–water partition coefficient (Wildman–Crippen LogP) is 4.86. The Labute approximate surface area is 191 Å². The lowest BCUT2D eigenvalue weighted by atomic mass is 10.0. The molecule has 0 saturated heterocycles. The topological polar surface area (TPSA) is 82.9 Å². The van der Waals surface area contributed by atoms with Crippen molar-refractivity contribution in [2.75, 3.05) is 0 Å². The number of carbonyl (C=O) groups is 2. The fourth-order valence-corrected chi connectivity index (χ4v) is 3.53. The third kappa shape index (κ3) is 7.76. The number of carbonyl (C=O) groups excluding carboxylic acids is 2. The smallest absolute Gasteiger partial charge is 0.240 e. The van der Waals surface area contributed by atoms with Gasteiger partial charge < -0.3 is 0 Å². The molecule has 2 aromatic carbocycles. The molecule has 0 heterocycles. The zero-order valence-electron chi connectivity index (χ0n) is 20.0. The highest BCUT2D eigenvalue weighted by Crippen LogP contribution is 2.12. The molecule has 32 heavy (non-hydrogen) atoms. The van der Waals surface area contributed by atoms with Gasteiger partial charge in [-0.15, -0.1) is 0 Å². The molecule has 0 bridgehead atoms. The molecule has 0 fully saturated rings. The molecule has 0 aliphatic rings. The lowest BCUT2D eigenvalue weighted by Gasteiger charge is -2.07. The van der Waals surface area contributed by atoms with E-state index in [1.807, 2.05) is 65.8 Å². The minimum Gasteiger partial charge on any atom is -0.273 e. The van der Waals surface area contributed by atoms with E-state index in [2.05, 4.69) is 33.2 Å². The molecule has 0 aliphatic carbocycles. The molecular weight excluding hydrogens is 400 g/mol. The van der Waals surface area contributed by atoms with Crippen LogP contribution in [-0.4, -0.2) is 23.2 Å². The lowest BCUT2D eigenvalue weighted by molar-refractivity contribution is -0.123. The van der Waals surface area contributed by atoms with Crippen LogP contribution in [0.4, 0.5) is 0 Å². The van der Waals surface area contributed by atoms with E-state index in [-0.39, 0.29) is 11.8 Å². The van der Waals surface area contributed by atoms with Crippen molar-refractivity contribution >= 4 is 23.2 Å². The van der Waals surface area contributed by atoms with Gasteiger partial charge in [0.15, 0.2) is 0 Å². The molecule has 2 amide bonds. The van der Waals surface area contributed by atoms with E-state index in [1.54, 1.807) is 0 Å². The van der Waals surface area contributed by atoms with E-state index in [9.17, 15) is 9.59 Å². The van der Waals surface area contributed by atoms with Crippen LogP contribution in [0.1, 0.15) is 72.9 Å². The Morgan fingerprint density at radius 1 is 0.688 bits per heavy atom. The van der Waals surface area contributed by atoms with E-state index >= 15 is 0 Å². The maximum Gasteiger partial charge on any atom is 0.240 e. The van der Waals surface area contributed by atoms with Crippen LogP contribution in [0, 0.1) is 27.7 Å². The monoisotopic (exact) mass is 434 g/mol. The van der Waals surface area contributed by atoms with Crippen molar-refractivity contribution in [3.8, 4) is 0 Å². The molecule has 170 valence electrons. The summed E-state index contributed by atoms with van der Waals surface area (Å²) < 4.78 is 0. The van der Waals surface area contributed by atoms with Crippen LogP contribution < -0.4 is 10.9 Å². The van der Waals surface area contributed by atoms with Gasteiger partial charge in [-0.05, 0) is 65.5 Å². The fourth-order valence-electron chi connectivity index (χ4n) is 3.53. The van der Waals surface area contributed by atoms with E-state index in [4.69, 9.17) is 0 Å². The minimum absolute atomic E-state index is 0.154. The number of benzene rings is 2. The van der Waals surface area contributed by atoms with Crippen molar-refractivity contribution in [1.82, 2.24) is 10.9 Å². The highest BCUT2D eigenvalue weighted by Gasteiger charge is 2.07. The van der Waals surface area contributed by atoms with Crippen molar-refractivity contribution in [2.45, 2.75) is 67.2 Å². The fraction of sp³-hybridized carbons (Fsp3) is 0.385. The van der Waals surface area contributed by atoms with Gasteiger partial charge in [0.25, 0.3) is 0 Å². The van der Waals surface area contributed by atoms with Crippen LogP contribution in [0.3, 0.4) is 0 Å². The molecule has 0 aromatic heterocycles. The van der Waals surface area contributed by atoms with Gasteiger partial charge in [0.05, 0.1) is 11.4 Å². The summed E-state index contributed by atoms with van der Waals surface area (Å²) >= 11 is 0. The Hall–Kier alpha value is -3.28.